The first-order valence-electron chi connectivity index (χ1n) is 17.0. The van der Waals surface area contributed by atoms with E-state index < -0.39 is 16.8 Å². The topological polar surface area (TPSA) is 174 Å². The van der Waals surface area contributed by atoms with Crippen molar-refractivity contribution in [1.29, 1.82) is 5.41 Å². The average molecular weight is 679 g/mol. The maximum atomic E-state index is 13.0. The highest BCUT2D eigenvalue weighted by Crippen LogP contribution is 2.36. The van der Waals surface area contributed by atoms with Gasteiger partial charge in [-0.25, -0.2) is 9.67 Å². The van der Waals surface area contributed by atoms with Crippen LogP contribution >= 0.6 is 0 Å². The van der Waals surface area contributed by atoms with Crippen molar-refractivity contribution in [3.63, 3.8) is 0 Å². The lowest BCUT2D eigenvalue weighted by Crippen LogP contribution is -2.42. The molecule has 3 aromatic carbocycles. The number of carbonyl (C=O) groups excluding carboxylic acids is 1. The fourth-order valence-electron chi connectivity index (χ4n) is 6.47. The summed E-state index contributed by atoms with van der Waals surface area (Å²) in [4.78, 5) is 30.8. The first kappa shape index (κ1) is 34.5. The summed E-state index contributed by atoms with van der Waals surface area (Å²) < 4.78 is 13.3. The van der Waals surface area contributed by atoms with Gasteiger partial charge in [-0.1, -0.05) is 18.2 Å². The lowest BCUT2D eigenvalue weighted by atomic mass is 9.96. The number of hydrogen-bond donors (Lipinski definition) is 3. The second-order valence-electron chi connectivity index (χ2n) is 12.8. The molecule has 0 spiro atoms. The van der Waals surface area contributed by atoms with Crippen LogP contribution in [0.5, 0.6) is 17.2 Å². The summed E-state index contributed by atoms with van der Waals surface area (Å²) in [5, 5.41) is 28.1. The molecule has 2 aliphatic rings. The molecule has 2 atom stereocenters. The number of ether oxygens (including phenoxy) is 2. The highest BCUT2D eigenvalue weighted by Gasteiger charge is 2.30. The zero-order valence-corrected chi connectivity index (χ0v) is 28.0. The van der Waals surface area contributed by atoms with Crippen molar-refractivity contribution in [1.82, 2.24) is 20.0 Å². The molecular formula is C37H42N8O5. The molecule has 4 N–H and O–H groups in total. The van der Waals surface area contributed by atoms with E-state index in [0.29, 0.717) is 28.7 Å². The van der Waals surface area contributed by atoms with E-state index in [1.807, 2.05) is 59.3 Å². The predicted octanol–water partition coefficient (Wildman–Crippen LogP) is 6.12. The molecule has 2 saturated heterocycles. The van der Waals surface area contributed by atoms with Gasteiger partial charge in [-0.2, -0.15) is 5.10 Å². The van der Waals surface area contributed by atoms with Crippen LogP contribution in [0.1, 0.15) is 44.2 Å². The maximum Gasteiger partial charge on any atom is 0.319 e. The number of nitro benzene ring substituents is 1. The lowest BCUT2D eigenvalue weighted by molar-refractivity contribution is -0.384. The van der Waals surface area contributed by atoms with E-state index in [1.54, 1.807) is 6.92 Å². The molecule has 0 saturated carbocycles. The van der Waals surface area contributed by atoms with E-state index in [-0.39, 0.29) is 23.3 Å². The molecule has 0 amide bonds. The van der Waals surface area contributed by atoms with Crippen LogP contribution in [-0.2, 0) is 4.79 Å². The Kier molecular flexibility index (Phi) is 10.9. The second kappa shape index (κ2) is 15.9. The Morgan fingerprint density at radius 2 is 1.74 bits per heavy atom. The number of nitrogen functional groups attached to an aromatic ring is 1. The first-order valence-corrected chi connectivity index (χ1v) is 17.0. The number of nitrogens with zero attached hydrogens (tertiary/aromatic N) is 5. The summed E-state index contributed by atoms with van der Waals surface area (Å²) in [5.74, 6) is 1.06. The van der Waals surface area contributed by atoms with Crippen molar-refractivity contribution >= 4 is 29.5 Å². The average Bonchev–Trinajstić information content (AvgIpc) is 3.52. The number of para-hydroxylation sites is 1. The lowest BCUT2D eigenvalue weighted by Gasteiger charge is -2.36. The van der Waals surface area contributed by atoms with Gasteiger partial charge in [-0.05, 0) is 107 Å². The Labute approximate surface area is 290 Å². The molecule has 1 unspecified atom stereocenters. The minimum absolute atomic E-state index is 0.0208. The van der Waals surface area contributed by atoms with Crippen LogP contribution in [0, 0.1) is 27.4 Å². The Morgan fingerprint density at radius 1 is 1.06 bits per heavy atom. The van der Waals surface area contributed by atoms with E-state index in [9.17, 15) is 14.9 Å². The van der Waals surface area contributed by atoms with Gasteiger partial charge in [0.2, 0.25) is 0 Å². The van der Waals surface area contributed by atoms with Crippen molar-refractivity contribution in [2.24, 2.45) is 22.6 Å². The minimum atomic E-state index is -0.783. The maximum absolute atomic E-state index is 13.0. The number of nitrogens with two attached hydrogens (primary N) is 1. The molecular weight excluding hydrogens is 636 g/mol. The Hall–Kier alpha value is -5.40. The normalized spacial score (nSPS) is 17.7. The fourth-order valence-corrected chi connectivity index (χ4v) is 6.47. The standard InChI is InChI=1S/C37H42N8O5/c1-25(37(46)50-32-15-11-28(12-16-32)45(47)48)22-41-36-33(35(38)39)34(27-9-13-31(14-10-27)49-30-7-3-2-4-8-30)42-44(36)29-6-5-21-43(24-29)23-26-17-19-40-20-18-26/h2-4,7-16,22,25-26,29,40H,5-6,17-21,23-24H2,1H3,(H3,38,39)/b41-22-/t25?,29-/m1/s1. The molecule has 13 heteroatoms. The number of piperidine rings is 2. The van der Waals surface area contributed by atoms with E-state index in [2.05, 4.69) is 10.2 Å². The van der Waals surface area contributed by atoms with Gasteiger partial charge >= 0.3 is 5.97 Å². The monoisotopic (exact) mass is 678 g/mol. The van der Waals surface area contributed by atoms with Crippen molar-refractivity contribution in [3.05, 3.63) is 94.5 Å². The number of non-ortho nitro benzene ring substituents is 1. The predicted molar refractivity (Wildman–Crippen MR) is 192 cm³/mol. The summed E-state index contributed by atoms with van der Waals surface area (Å²) in [6, 6.07) is 22.3. The van der Waals surface area contributed by atoms with Gasteiger partial charge in [0.05, 0.1) is 22.4 Å². The number of amidine groups is 1. The number of esters is 1. The molecule has 50 heavy (non-hydrogen) atoms. The highest BCUT2D eigenvalue weighted by molar-refractivity contribution is 6.05. The largest absolute Gasteiger partial charge is 0.457 e. The van der Waals surface area contributed by atoms with Gasteiger partial charge in [0, 0.05) is 37.0 Å². The zero-order valence-electron chi connectivity index (χ0n) is 28.0. The number of carbonyl (C=O) groups is 1. The van der Waals surface area contributed by atoms with Gasteiger partial charge < -0.3 is 25.4 Å². The molecule has 2 fully saturated rings. The number of nitro groups is 1. The number of aromatic nitrogens is 2. The van der Waals surface area contributed by atoms with Gasteiger partial charge in [-0.15, -0.1) is 0 Å². The smallest absolute Gasteiger partial charge is 0.319 e. The van der Waals surface area contributed by atoms with E-state index in [1.165, 1.54) is 30.5 Å². The van der Waals surface area contributed by atoms with Crippen molar-refractivity contribution < 1.29 is 19.2 Å². The quantitative estimate of drug-likeness (QED) is 0.0399. The summed E-state index contributed by atoms with van der Waals surface area (Å²) in [7, 11) is 0. The SMILES string of the molecule is CC(/C=N\c1c(C(=N)N)c(-c2ccc(Oc3ccccc3)cc2)nn1[C@@H]1CCCN(CC2CCNCC2)C1)C(=O)Oc1ccc([N+](=O)[O-])cc1. The summed E-state index contributed by atoms with van der Waals surface area (Å²) >= 11 is 0. The van der Waals surface area contributed by atoms with Crippen molar-refractivity contribution in [2.45, 2.75) is 38.6 Å². The van der Waals surface area contributed by atoms with Crippen LogP contribution in [-0.4, -0.2) is 70.3 Å². The van der Waals surface area contributed by atoms with Crippen LogP contribution in [0.15, 0.2) is 83.9 Å². The van der Waals surface area contributed by atoms with Crippen LogP contribution in [0.3, 0.4) is 0 Å². The van der Waals surface area contributed by atoms with Crippen LogP contribution in [0.2, 0.25) is 0 Å². The molecule has 0 radical (unpaired) electrons. The van der Waals surface area contributed by atoms with Gasteiger partial charge in [0.1, 0.15) is 28.8 Å². The van der Waals surface area contributed by atoms with Gasteiger partial charge in [0.15, 0.2) is 5.82 Å². The summed E-state index contributed by atoms with van der Waals surface area (Å²) in [6.07, 6.45) is 5.67. The third-order valence-corrected chi connectivity index (χ3v) is 9.12. The van der Waals surface area contributed by atoms with Crippen LogP contribution in [0.4, 0.5) is 11.5 Å². The number of likely N-dealkylation sites (tertiary alicyclic amines) is 1. The highest BCUT2D eigenvalue weighted by atomic mass is 16.6. The van der Waals surface area contributed by atoms with Crippen molar-refractivity contribution in [3.8, 4) is 28.5 Å². The van der Waals surface area contributed by atoms with Crippen LogP contribution < -0.4 is 20.5 Å². The molecule has 2 aliphatic heterocycles. The number of hydrogen-bond acceptors (Lipinski definition) is 10. The summed E-state index contributed by atoms with van der Waals surface area (Å²) in [6.45, 7) is 6.57. The molecule has 6 rings (SSSR count). The Balaban J connectivity index is 1.29. The van der Waals surface area contributed by atoms with Crippen LogP contribution in [0.25, 0.3) is 11.3 Å². The Morgan fingerprint density at radius 3 is 2.42 bits per heavy atom. The fraction of sp³-hybridized carbons (Fsp3) is 0.351. The molecule has 0 bridgehead atoms. The third kappa shape index (κ3) is 8.41. The Bertz CT molecular complexity index is 1820. The van der Waals surface area contributed by atoms with E-state index >= 15 is 0 Å². The number of nitrogens with one attached hydrogen (secondary N) is 2. The van der Waals surface area contributed by atoms with Gasteiger partial charge in [-0.3, -0.25) is 20.3 Å². The molecule has 3 heterocycles. The van der Waals surface area contributed by atoms with E-state index in [4.69, 9.17) is 30.7 Å². The number of benzene rings is 3. The molecule has 0 aliphatic carbocycles. The molecule has 13 nitrogen and oxygen atoms in total. The van der Waals surface area contributed by atoms with E-state index in [0.717, 1.165) is 69.7 Å². The summed E-state index contributed by atoms with van der Waals surface area (Å²) in [5.41, 5.74) is 7.80. The third-order valence-electron chi connectivity index (χ3n) is 9.12. The zero-order chi connectivity index (χ0) is 35.0. The number of rotatable bonds is 12. The first-order chi connectivity index (χ1) is 24.2. The number of aliphatic imine (C=N–C) groups is 1. The molecule has 260 valence electrons. The van der Waals surface area contributed by atoms with Crippen molar-refractivity contribution in [2.75, 3.05) is 32.7 Å². The second-order valence-corrected chi connectivity index (χ2v) is 12.8. The van der Waals surface area contributed by atoms with Gasteiger partial charge in [0.25, 0.3) is 5.69 Å². The minimum Gasteiger partial charge on any atom is -0.457 e. The molecule has 4 aromatic rings. The molecule has 1 aromatic heterocycles.